The van der Waals surface area contributed by atoms with Gasteiger partial charge in [0.1, 0.15) is 17.6 Å². The molecule has 22 heavy (non-hydrogen) atoms. The first kappa shape index (κ1) is 14.2. The molecule has 0 saturated heterocycles. The van der Waals surface area contributed by atoms with E-state index in [1.165, 1.54) is 22.9 Å². The molecule has 0 radical (unpaired) electrons. The Kier molecular flexibility index (Phi) is 3.61. The summed E-state index contributed by atoms with van der Waals surface area (Å²) >= 11 is 5.83. The minimum atomic E-state index is -0.511. The van der Waals surface area contributed by atoms with Crippen molar-refractivity contribution in [2.75, 3.05) is 0 Å². The van der Waals surface area contributed by atoms with Gasteiger partial charge in [-0.25, -0.2) is 9.07 Å². The molecule has 0 saturated carbocycles. The Hall–Kier alpha value is -2.71. The van der Waals surface area contributed by atoms with Crippen LogP contribution in [0, 0.1) is 24.1 Å². The Morgan fingerprint density at radius 3 is 2.73 bits per heavy atom. The van der Waals surface area contributed by atoms with Crippen LogP contribution in [-0.2, 0) is 0 Å². The third kappa shape index (κ3) is 2.45. The number of nitriles is 1. The smallest absolute Gasteiger partial charge is 0.191 e. The summed E-state index contributed by atoms with van der Waals surface area (Å²) in [4.78, 5) is 0. The number of hydrogen-bond donors (Lipinski definition) is 0. The quantitative estimate of drug-likeness (QED) is 0.721. The van der Waals surface area contributed by atoms with Gasteiger partial charge in [-0.05, 0) is 31.2 Å². The third-order valence-electron chi connectivity index (χ3n) is 3.22. The van der Waals surface area contributed by atoms with Gasteiger partial charge in [0.2, 0.25) is 0 Å². The average molecular weight is 313 g/mol. The zero-order chi connectivity index (χ0) is 15.7. The molecular formula is C16H10ClFN4. The van der Waals surface area contributed by atoms with E-state index in [-0.39, 0.29) is 10.7 Å². The van der Waals surface area contributed by atoms with Crippen molar-refractivity contribution in [1.29, 1.82) is 5.26 Å². The highest BCUT2D eigenvalue weighted by Crippen LogP contribution is 2.27. The van der Waals surface area contributed by atoms with Crippen LogP contribution in [0.2, 0.25) is 5.02 Å². The number of aromatic nitrogens is 3. The van der Waals surface area contributed by atoms with Gasteiger partial charge in [-0.1, -0.05) is 40.6 Å². The van der Waals surface area contributed by atoms with E-state index in [2.05, 4.69) is 10.3 Å². The first-order chi connectivity index (χ1) is 10.6. The Balaban J connectivity index is 2.24. The summed E-state index contributed by atoms with van der Waals surface area (Å²) in [5.41, 5.74) is 3.14. The maximum absolute atomic E-state index is 13.3. The van der Waals surface area contributed by atoms with Crippen LogP contribution in [-0.4, -0.2) is 15.0 Å². The molecule has 0 N–H and O–H groups in total. The van der Waals surface area contributed by atoms with Gasteiger partial charge < -0.3 is 0 Å². The molecule has 108 valence electrons. The van der Waals surface area contributed by atoms with Crippen LogP contribution in [0.1, 0.15) is 11.3 Å². The molecule has 0 aliphatic heterocycles. The molecule has 0 spiro atoms. The van der Waals surface area contributed by atoms with E-state index in [4.69, 9.17) is 11.6 Å². The first-order valence-corrected chi connectivity index (χ1v) is 6.86. The van der Waals surface area contributed by atoms with Crippen molar-refractivity contribution < 1.29 is 4.39 Å². The van der Waals surface area contributed by atoms with Gasteiger partial charge in [0.15, 0.2) is 5.69 Å². The highest BCUT2D eigenvalue weighted by molar-refractivity contribution is 6.30. The second-order valence-corrected chi connectivity index (χ2v) is 5.19. The Morgan fingerprint density at radius 1 is 1.23 bits per heavy atom. The summed E-state index contributed by atoms with van der Waals surface area (Å²) in [6.07, 6.45) is 0. The topological polar surface area (TPSA) is 54.5 Å². The lowest BCUT2D eigenvalue weighted by Gasteiger charge is -2.08. The van der Waals surface area contributed by atoms with Crippen molar-refractivity contribution in [2.45, 2.75) is 6.92 Å². The van der Waals surface area contributed by atoms with Gasteiger partial charge in [-0.3, -0.25) is 0 Å². The van der Waals surface area contributed by atoms with Crippen molar-refractivity contribution in [3.05, 3.63) is 64.6 Å². The molecule has 3 rings (SSSR count). The van der Waals surface area contributed by atoms with Crippen molar-refractivity contribution in [2.24, 2.45) is 0 Å². The summed E-state index contributed by atoms with van der Waals surface area (Å²) in [6, 6.07) is 13.9. The Bertz CT molecular complexity index is 895. The lowest BCUT2D eigenvalue weighted by atomic mass is 10.1. The van der Waals surface area contributed by atoms with Crippen LogP contribution >= 0.6 is 11.6 Å². The zero-order valence-electron chi connectivity index (χ0n) is 11.6. The number of aryl methyl sites for hydroxylation is 1. The average Bonchev–Trinajstić information content (AvgIpc) is 2.94. The van der Waals surface area contributed by atoms with Crippen LogP contribution in [0.5, 0.6) is 0 Å². The van der Waals surface area contributed by atoms with Gasteiger partial charge in [-0.15, -0.1) is 5.10 Å². The van der Waals surface area contributed by atoms with Crippen LogP contribution in [0.4, 0.5) is 4.39 Å². The van der Waals surface area contributed by atoms with Gasteiger partial charge in [-0.2, -0.15) is 5.26 Å². The van der Waals surface area contributed by atoms with Crippen molar-refractivity contribution in [3.8, 4) is 23.0 Å². The molecule has 0 aliphatic carbocycles. The summed E-state index contributed by atoms with van der Waals surface area (Å²) in [7, 11) is 0. The zero-order valence-corrected chi connectivity index (χ0v) is 12.3. The van der Waals surface area contributed by atoms with Crippen LogP contribution in [0.25, 0.3) is 16.9 Å². The van der Waals surface area contributed by atoms with Gasteiger partial charge in [0.05, 0.1) is 10.7 Å². The fraction of sp³-hybridized carbons (Fsp3) is 0.0625. The third-order valence-corrected chi connectivity index (χ3v) is 3.51. The summed E-state index contributed by atoms with van der Waals surface area (Å²) in [5, 5.41) is 17.1. The number of hydrogen-bond acceptors (Lipinski definition) is 3. The number of benzene rings is 2. The lowest BCUT2D eigenvalue weighted by molar-refractivity contribution is 0.627. The SMILES string of the molecule is Cc1cccc(-c2c(C#N)nnn2-c2ccc(F)c(Cl)c2)c1. The van der Waals surface area contributed by atoms with Gasteiger partial charge in [0, 0.05) is 5.56 Å². The van der Waals surface area contributed by atoms with Crippen LogP contribution in [0.15, 0.2) is 42.5 Å². The molecule has 2 aromatic carbocycles. The summed E-state index contributed by atoms with van der Waals surface area (Å²) in [6.45, 7) is 1.96. The lowest BCUT2D eigenvalue weighted by Crippen LogP contribution is -2.00. The summed E-state index contributed by atoms with van der Waals surface area (Å²) < 4.78 is 14.8. The molecule has 4 nitrogen and oxygen atoms in total. The molecular weight excluding hydrogens is 303 g/mol. The minimum absolute atomic E-state index is 0.0123. The predicted octanol–water partition coefficient (Wildman–Crippen LogP) is 3.91. The van der Waals surface area contributed by atoms with E-state index in [1.54, 1.807) is 0 Å². The van der Waals surface area contributed by atoms with Crippen LogP contribution < -0.4 is 0 Å². The largest absolute Gasteiger partial charge is 0.211 e. The van der Waals surface area contributed by atoms with Crippen molar-refractivity contribution in [1.82, 2.24) is 15.0 Å². The highest BCUT2D eigenvalue weighted by atomic mass is 35.5. The van der Waals surface area contributed by atoms with E-state index in [0.717, 1.165) is 11.1 Å². The molecule has 1 aromatic heterocycles. The number of halogens is 2. The second kappa shape index (κ2) is 5.58. The predicted molar refractivity (Wildman–Crippen MR) is 81.2 cm³/mol. The van der Waals surface area contributed by atoms with E-state index in [1.807, 2.05) is 37.3 Å². The summed E-state index contributed by atoms with van der Waals surface area (Å²) in [5.74, 6) is -0.511. The molecule has 0 aliphatic rings. The number of nitrogens with zero attached hydrogens (tertiary/aromatic N) is 4. The highest BCUT2D eigenvalue weighted by Gasteiger charge is 2.17. The van der Waals surface area contributed by atoms with Crippen molar-refractivity contribution in [3.63, 3.8) is 0 Å². The second-order valence-electron chi connectivity index (χ2n) is 4.78. The molecule has 1 heterocycles. The van der Waals surface area contributed by atoms with Crippen LogP contribution in [0.3, 0.4) is 0 Å². The monoisotopic (exact) mass is 312 g/mol. The standard InChI is InChI=1S/C16H10ClFN4/c1-10-3-2-4-11(7-10)16-15(9-19)20-21-22(16)12-5-6-14(18)13(17)8-12/h2-8H,1H3. The fourth-order valence-electron chi connectivity index (χ4n) is 2.21. The van der Waals surface area contributed by atoms with E-state index in [9.17, 15) is 9.65 Å². The fourth-order valence-corrected chi connectivity index (χ4v) is 2.38. The molecule has 3 aromatic rings. The Labute approximate surface area is 131 Å². The Morgan fingerprint density at radius 2 is 2.05 bits per heavy atom. The minimum Gasteiger partial charge on any atom is -0.211 e. The molecule has 0 bridgehead atoms. The first-order valence-electron chi connectivity index (χ1n) is 6.48. The number of rotatable bonds is 2. The molecule has 0 amide bonds. The molecule has 6 heteroatoms. The normalized spacial score (nSPS) is 10.5. The van der Waals surface area contributed by atoms with Gasteiger partial charge in [0.25, 0.3) is 0 Å². The van der Waals surface area contributed by atoms with Gasteiger partial charge >= 0.3 is 0 Å². The molecule has 0 unspecified atom stereocenters. The van der Waals surface area contributed by atoms with E-state index >= 15 is 0 Å². The van der Waals surface area contributed by atoms with E-state index < -0.39 is 5.82 Å². The maximum atomic E-state index is 13.3. The maximum Gasteiger partial charge on any atom is 0.191 e. The van der Waals surface area contributed by atoms with Crippen molar-refractivity contribution >= 4 is 11.6 Å². The van der Waals surface area contributed by atoms with E-state index in [0.29, 0.717) is 11.4 Å². The molecule has 0 atom stereocenters. The molecule has 0 fully saturated rings.